The number of hydrogen-bond donors (Lipinski definition) is 2. The number of carbonyl (C=O) groups excluding carboxylic acids is 2. The van der Waals surface area contributed by atoms with Crippen molar-refractivity contribution in [3.05, 3.63) is 35.9 Å². The molecule has 1 aromatic rings. The minimum Gasteiger partial charge on any atom is -0.382 e. The van der Waals surface area contributed by atoms with E-state index in [9.17, 15) is 9.59 Å². The summed E-state index contributed by atoms with van der Waals surface area (Å²) in [6.07, 6.45) is 4.74. The average Bonchev–Trinajstić information content (AvgIpc) is 2.55. The van der Waals surface area contributed by atoms with Crippen LogP contribution in [0.15, 0.2) is 30.3 Å². The molecule has 1 aliphatic heterocycles. The van der Waals surface area contributed by atoms with Gasteiger partial charge in [-0.15, -0.1) is 0 Å². The van der Waals surface area contributed by atoms with Gasteiger partial charge in [-0.1, -0.05) is 12.1 Å². The van der Waals surface area contributed by atoms with Crippen molar-refractivity contribution < 1.29 is 19.1 Å². The fraction of sp³-hybridized carbons (Fsp3) is 0.444. The zero-order valence-electron chi connectivity index (χ0n) is 14.1. The average molecular weight is 332 g/mol. The molecule has 0 atom stereocenters. The van der Waals surface area contributed by atoms with E-state index in [4.69, 9.17) is 9.47 Å². The number of ether oxygens (including phenoxy) is 2. The summed E-state index contributed by atoms with van der Waals surface area (Å²) in [5.74, 6) is -0.266. The monoisotopic (exact) mass is 332 g/mol. The number of rotatable bonds is 6. The van der Waals surface area contributed by atoms with Crippen LogP contribution in [0.1, 0.15) is 25.3 Å². The van der Waals surface area contributed by atoms with E-state index in [0.29, 0.717) is 19.8 Å². The minimum absolute atomic E-state index is 0.113. The van der Waals surface area contributed by atoms with Crippen LogP contribution in [0.4, 0.5) is 5.69 Å². The molecule has 1 aliphatic rings. The van der Waals surface area contributed by atoms with Crippen molar-refractivity contribution in [1.82, 2.24) is 5.32 Å². The first-order valence-corrected chi connectivity index (χ1v) is 7.98. The summed E-state index contributed by atoms with van der Waals surface area (Å²) < 4.78 is 10.6. The van der Waals surface area contributed by atoms with Crippen LogP contribution in [0.5, 0.6) is 0 Å². The first-order valence-electron chi connectivity index (χ1n) is 7.98. The van der Waals surface area contributed by atoms with Crippen LogP contribution in [0, 0.1) is 0 Å². The predicted octanol–water partition coefficient (Wildman–Crippen LogP) is 1.97. The van der Waals surface area contributed by atoms with E-state index in [1.807, 2.05) is 12.1 Å². The van der Waals surface area contributed by atoms with Crippen molar-refractivity contribution in [3.8, 4) is 0 Å². The van der Waals surface area contributed by atoms with E-state index in [2.05, 4.69) is 10.6 Å². The van der Waals surface area contributed by atoms with Crippen LogP contribution < -0.4 is 10.6 Å². The maximum Gasteiger partial charge on any atom is 0.244 e. The van der Waals surface area contributed by atoms with E-state index in [1.165, 1.54) is 13.0 Å². The molecular formula is C18H24N2O4. The molecule has 1 saturated heterocycles. The molecule has 6 nitrogen and oxygen atoms in total. The predicted molar refractivity (Wildman–Crippen MR) is 92.6 cm³/mol. The molecule has 2 N–H and O–H groups in total. The first kappa shape index (κ1) is 18.2. The Balaban J connectivity index is 1.95. The summed E-state index contributed by atoms with van der Waals surface area (Å²) in [4.78, 5) is 23.2. The largest absolute Gasteiger partial charge is 0.382 e. The van der Waals surface area contributed by atoms with E-state index in [0.717, 1.165) is 24.1 Å². The van der Waals surface area contributed by atoms with Crippen molar-refractivity contribution in [3.63, 3.8) is 0 Å². The number of hydrogen-bond acceptors (Lipinski definition) is 4. The zero-order valence-corrected chi connectivity index (χ0v) is 14.1. The van der Waals surface area contributed by atoms with Crippen LogP contribution >= 0.6 is 0 Å². The number of anilines is 1. The number of nitrogens with one attached hydrogen (secondary N) is 2. The molecule has 0 aromatic heterocycles. The van der Waals surface area contributed by atoms with Gasteiger partial charge in [0.2, 0.25) is 11.8 Å². The van der Waals surface area contributed by atoms with Crippen molar-refractivity contribution in [2.75, 3.05) is 32.2 Å². The highest BCUT2D eigenvalue weighted by Crippen LogP contribution is 2.21. The number of amides is 2. The van der Waals surface area contributed by atoms with Crippen LogP contribution in [-0.4, -0.2) is 44.3 Å². The second kappa shape index (κ2) is 8.61. The summed E-state index contributed by atoms with van der Waals surface area (Å²) in [5, 5.41) is 5.76. The summed E-state index contributed by atoms with van der Waals surface area (Å²) in [6, 6.07) is 7.27. The highest BCUT2D eigenvalue weighted by molar-refractivity contribution is 5.92. The normalized spacial score (nSPS) is 16.8. The third-order valence-electron chi connectivity index (χ3n) is 3.92. The molecule has 130 valence electrons. The highest BCUT2D eigenvalue weighted by Gasteiger charge is 2.33. The molecule has 2 amide bonds. The molecular weight excluding hydrogens is 308 g/mol. The summed E-state index contributed by atoms with van der Waals surface area (Å²) >= 11 is 0. The topological polar surface area (TPSA) is 76.7 Å². The summed E-state index contributed by atoms with van der Waals surface area (Å²) in [6.45, 7) is 3.18. The Kier molecular flexibility index (Phi) is 6.52. The molecule has 1 aromatic carbocycles. The second-order valence-corrected chi connectivity index (χ2v) is 5.95. The molecule has 0 spiro atoms. The molecule has 24 heavy (non-hydrogen) atoms. The number of benzene rings is 1. The first-order chi connectivity index (χ1) is 11.5. The summed E-state index contributed by atoms with van der Waals surface area (Å²) in [5.41, 5.74) is 1.25. The van der Waals surface area contributed by atoms with Gasteiger partial charge >= 0.3 is 0 Å². The Morgan fingerprint density at radius 1 is 1.25 bits per heavy atom. The van der Waals surface area contributed by atoms with Crippen LogP contribution in [0.2, 0.25) is 0 Å². The third kappa shape index (κ3) is 5.47. The molecule has 0 unspecified atom stereocenters. The maximum atomic E-state index is 12.2. The Labute approximate surface area is 142 Å². The minimum atomic E-state index is -0.357. The summed E-state index contributed by atoms with van der Waals surface area (Å²) in [7, 11) is 1.63. The van der Waals surface area contributed by atoms with E-state index < -0.39 is 0 Å². The van der Waals surface area contributed by atoms with Gasteiger partial charge in [0.15, 0.2) is 0 Å². The molecule has 2 rings (SSSR count). The van der Waals surface area contributed by atoms with E-state index in [1.54, 1.807) is 25.3 Å². The molecule has 0 radical (unpaired) electrons. The van der Waals surface area contributed by atoms with Gasteiger partial charge in [-0.3, -0.25) is 9.59 Å². The van der Waals surface area contributed by atoms with Gasteiger partial charge in [0.1, 0.15) is 0 Å². The highest BCUT2D eigenvalue weighted by atomic mass is 16.5. The molecule has 6 heteroatoms. The lowest BCUT2D eigenvalue weighted by molar-refractivity contribution is -0.120. The Morgan fingerprint density at radius 2 is 1.92 bits per heavy atom. The maximum absolute atomic E-state index is 12.2. The second-order valence-electron chi connectivity index (χ2n) is 5.95. The van der Waals surface area contributed by atoms with Gasteiger partial charge in [-0.05, 0) is 36.6 Å². The van der Waals surface area contributed by atoms with E-state index in [-0.39, 0.29) is 17.4 Å². The molecule has 1 heterocycles. The lowest BCUT2D eigenvalue weighted by atomic mass is 9.91. The van der Waals surface area contributed by atoms with Crippen LogP contribution in [0.25, 0.3) is 6.08 Å². The smallest absolute Gasteiger partial charge is 0.244 e. The molecule has 0 bridgehead atoms. The van der Waals surface area contributed by atoms with Crippen molar-refractivity contribution in [2.24, 2.45) is 0 Å². The van der Waals surface area contributed by atoms with Crippen LogP contribution in [-0.2, 0) is 19.1 Å². The van der Waals surface area contributed by atoms with Gasteiger partial charge in [-0.25, -0.2) is 0 Å². The number of carbonyl (C=O) groups is 2. The molecule has 0 aliphatic carbocycles. The molecule has 0 saturated carbocycles. The Hall–Kier alpha value is -2.18. The SMILES string of the molecule is COCC1(NC(=O)C=Cc2ccc(NC(C)=O)cc2)CCOCC1. The van der Waals surface area contributed by atoms with Gasteiger partial charge in [0.25, 0.3) is 0 Å². The van der Waals surface area contributed by atoms with Crippen molar-refractivity contribution >= 4 is 23.6 Å². The van der Waals surface area contributed by atoms with E-state index >= 15 is 0 Å². The van der Waals surface area contributed by atoms with Crippen molar-refractivity contribution in [2.45, 2.75) is 25.3 Å². The lowest BCUT2D eigenvalue weighted by Gasteiger charge is -2.37. The van der Waals surface area contributed by atoms with Gasteiger partial charge < -0.3 is 20.1 Å². The quantitative estimate of drug-likeness (QED) is 0.781. The van der Waals surface area contributed by atoms with Gasteiger partial charge in [0, 0.05) is 39.0 Å². The fourth-order valence-electron chi connectivity index (χ4n) is 2.70. The van der Waals surface area contributed by atoms with Gasteiger partial charge in [0.05, 0.1) is 12.1 Å². The Morgan fingerprint density at radius 3 is 2.50 bits per heavy atom. The van der Waals surface area contributed by atoms with Crippen LogP contribution in [0.3, 0.4) is 0 Å². The zero-order chi connectivity index (χ0) is 17.4. The van der Waals surface area contributed by atoms with Gasteiger partial charge in [-0.2, -0.15) is 0 Å². The lowest BCUT2D eigenvalue weighted by Crippen LogP contribution is -2.54. The third-order valence-corrected chi connectivity index (χ3v) is 3.92. The number of methoxy groups -OCH3 is 1. The molecule has 1 fully saturated rings. The standard InChI is InChI=1S/C18H24N2O4/c1-14(21)19-16-6-3-15(4-7-16)5-8-17(22)20-18(13-23-2)9-11-24-12-10-18/h3-8H,9-13H2,1-2H3,(H,19,21)(H,20,22). The fourth-order valence-corrected chi connectivity index (χ4v) is 2.70. The van der Waals surface area contributed by atoms with Crippen molar-refractivity contribution in [1.29, 1.82) is 0 Å². The Bertz CT molecular complexity index is 584.